The van der Waals surface area contributed by atoms with Crippen LogP contribution in [-0.4, -0.2) is 28.1 Å². The first-order valence-electron chi connectivity index (χ1n) is 9.25. The number of carbonyl (C=O) groups excluding carboxylic acids is 1. The minimum absolute atomic E-state index is 0.150. The van der Waals surface area contributed by atoms with Crippen molar-refractivity contribution in [1.82, 2.24) is 20.8 Å². The summed E-state index contributed by atoms with van der Waals surface area (Å²) in [6.07, 6.45) is 8.28. The molecule has 1 aromatic rings. The average molecular weight is 345 g/mol. The van der Waals surface area contributed by atoms with Gasteiger partial charge in [0, 0.05) is 6.92 Å². The molecule has 0 aromatic carbocycles. The Morgan fingerprint density at radius 1 is 1.36 bits per heavy atom. The van der Waals surface area contributed by atoms with Gasteiger partial charge in [-0.05, 0) is 38.5 Å². The summed E-state index contributed by atoms with van der Waals surface area (Å²) < 4.78 is 5.18. The van der Waals surface area contributed by atoms with E-state index in [0.29, 0.717) is 11.7 Å². The molecule has 2 aliphatic rings. The van der Waals surface area contributed by atoms with Crippen molar-refractivity contribution in [2.75, 3.05) is 6.54 Å². The molecule has 136 valence electrons. The average Bonchev–Trinajstić information content (AvgIpc) is 3.40. The molecule has 2 N–H and O–H groups in total. The predicted molar refractivity (Wildman–Crippen MR) is 91.3 cm³/mol. The Bertz CT molecular complexity index is 653. The lowest BCUT2D eigenvalue weighted by atomic mass is 9.89. The third-order valence-electron chi connectivity index (χ3n) is 5.53. The molecule has 0 bridgehead atoms. The number of rotatable bonds is 6. The molecule has 3 rings (SSSR count). The van der Waals surface area contributed by atoms with Gasteiger partial charge in [-0.25, -0.2) is 0 Å². The summed E-state index contributed by atoms with van der Waals surface area (Å²) in [6.45, 7) is 3.74. The lowest BCUT2D eigenvalue weighted by Gasteiger charge is -2.31. The van der Waals surface area contributed by atoms with Crippen molar-refractivity contribution in [1.29, 1.82) is 5.26 Å². The molecule has 1 heterocycles. The molecule has 0 saturated heterocycles. The van der Waals surface area contributed by atoms with E-state index in [1.807, 2.05) is 6.92 Å². The lowest BCUT2D eigenvalue weighted by Crippen LogP contribution is -2.53. The zero-order valence-corrected chi connectivity index (χ0v) is 15.1. The molecule has 2 saturated carbocycles. The van der Waals surface area contributed by atoms with E-state index < -0.39 is 11.1 Å². The SMILES string of the molecule is Cc1nc(C2(NCC(=O)NC(C)(C#N)C3CC3)CCCCCC2)no1. The van der Waals surface area contributed by atoms with Crippen LogP contribution >= 0.6 is 0 Å². The molecule has 25 heavy (non-hydrogen) atoms. The van der Waals surface area contributed by atoms with Gasteiger partial charge in [-0.15, -0.1) is 0 Å². The monoisotopic (exact) mass is 345 g/mol. The number of hydrogen-bond acceptors (Lipinski definition) is 6. The van der Waals surface area contributed by atoms with E-state index in [9.17, 15) is 10.1 Å². The molecule has 0 aliphatic heterocycles. The third kappa shape index (κ3) is 4.01. The Morgan fingerprint density at radius 3 is 2.56 bits per heavy atom. The van der Waals surface area contributed by atoms with E-state index in [-0.39, 0.29) is 18.4 Å². The normalized spacial score (nSPS) is 22.4. The van der Waals surface area contributed by atoms with Gasteiger partial charge in [-0.1, -0.05) is 30.8 Å². The number of aryl methyl sites for hydroxylation is 1. The van der Waals surface area contributed by atoms with Crippen LogP contribution in [0.3, 0.4) is 0 Å². The molecule has 1 aromatic heterocycles. The molecule has 7 heteroatoms. The summed E-state index contributed by atoms with van der Waals surface area (Å²) in [5, 5.41) is 19.9. The van der Waals surface area contributed by atoms with E-state index in [0.717, 1.165) is 38.5 Å². The van der Waals surface area contributed by atoms with Crippen LogP contribution in [0, 0.1) is 24.2 Å². The quantitative estimate of drug-likeness (QED) is 0.767. The van der Waals surface area contributed by atoms with Gasteiger partial charge in [-0.3, -0.25) is 10.1 Å². The fraction of sp³-hybridized carbons (Fsp3) is 0.778. The lowest BCUT2D eigenvalue weighted by molar-refractivity contribution is -0.122. The standard InChI is InChI=1S/C18H27N5O2/c1-13-21-16(23-25-13)18(9-5-3-4-6-10-18)20-11-15(24)22-17(2,12-19)14-7-8-14/h14,20H,3-11H2,1-2H3,(H,22,24). The van der Waals surface area contributed by atoms with Crippen LogP contribution in [-0.2, 0) is 10.3 Å². The minimum Gasteiger partial charge on any atom is -0.340 e. The highest BCUT2D eigenvalue weighted by Gasteiger charge is 2.43. The molecule has 2 fully saturated rings. The maximum absolute atomic E-state index is 12.5. The van der Waals surface area contributed by atoms with E-state index in [1.54, 1.807) is 6.92 Å². The maximum Gasteiger partial charge on any atom is 0.235 e. The van der Waals surface area contributed by atoms with Crippen molar-refractivity contribution in [3.8, 4) is 6.07 Å². The summed E-state index contributed by atoms with van der Waals surface area (Å²) in [5.74, 6) is 1.30. The highest BCUT2D eigenvalue weighted by Crippen LogP contribution is 2.39. The predicted octanol–water partition coefficient (Wildman–Crippen LogP) is 2.33. The summed E-state index contributed by atoms with van der Waals surface area (Å²) in [6, 6.07) is 2.26. The second-order valence-electron chi connectivity index (χ2n) is 7.62. The van der Waals surface area contributed by atoms with E-state index in [1.165, 1.54) is 12.8 Å². The highest BCUT2D eigenvalue weighted by atomic mass is 16.5. The molecular formula is C18H27N5O2. The molecule has 7 nitrogen and oxygen atoms in total. The number of nitriles is 1. The summed E-state index contributed by atoms with van der Waals surface area (Å²) in [7, 11) is 0. The molecule has 0 spiro atoms. The maximum atomic E-state index is 12.5. The molecule has 1 amide bonds. The Morgan fingerprint density at radius 2 is 2.04 bits per heavy atom. The second kappa shape index (κ2) is 7.12. The largest absolute Gasteiger partial charge is 0.340 e. The van der Waals surface area contributed by atoms with Crippen molar-refractivity contribution in [2.45, 2.75) is 76.3 Å². The Labute approximate surface area is 148 Å². The van der Waals surface area contributed by atoms with E-state index in [2.05, 4.69) is 26.8 Å². The molecule has 2 aliphatic carbocycles. The van der Waals surface area contributed by atoms with Crippen LogP contribution in [0.1, 0.15) is 70.0 Å². The molecule has 0 radical (unpaired) electrons. The summed E-state index contributed by atoms with van der Waals surface area (Å²) in [4.78, 5) is 16.9. The molecule has 1 atom stereocenters. The highest BCUT2D eigenvalue weighted by molar-refractivity contribution is 5.79. The van der Waals surface area contributed by atoms with Gasteiger partial charge >= 0.3 is 0 Å². The van der Waals surface area contributed by atoms with Crippen LogP contribution < -0.4 is 10.6 Å². The van der Waals surface area contributed by atoms with Crippen molar-refractivity contribution < 1.29 is 9.32 Å². The minimum atomic E-state index is -0.766. The van der Waals surface area contributed by atoms with Crippen LogP contribution in [0.4, 0.5) is 0 Å². The van der Waals surface area contributed by atoms with Crippen molar-refractivity contribution >= 4 is 5.91 Å². The first-order chi connectivity index (χ1) is 12.0. The van der Waals surface area contributed by atoms with Crippen LogP contribution in [0.5, 0.6) is 0 Å². The second-order valence-corrected chi connectivity index (χ2v) is 7.62. The number of nitrogens with one attached hydrogen (secondary N) is 2. The Hall–Kier alpha value is -1.94. The Balaban J connectivity index is 1.68. The zero-order chi connectivity index (χ0) is 17.9. The fourth-order valence-electron chi connectivity index (χ4n) is 3.77. The van der Waals surface area contributed by atoms with Gasteiger partial charge in [0.05, 0.1) is 18.2 Å². The van der Waals surface area contributed by atoms with Crippen molar-refractivity contribution in [2.24, 2.45) is 5.92 Å². The third-order valence-corrected chi connectivity index (χ3v) is 5.53. The van der Waals surface area contributed by atoms with Crippen LogP contribution in [0.15, 0.2) is 4.52 Å². The zero-order valence-electron chi connectivity index (χ0n) is 15.1. The smallest absolute Gasteiger partial charge is 0.235 e. The van der Waals surface area contributed by atoms with Gasteiger partial charge in [0.25, 0.3) is 0 Å². The van der Waals surface area contributed by atoms with E-state index >= 15 is 0 Å². The van der Waals surface area contributed by atoms with Gasteiger partial charge in [0.2, 0.25) is 11.8 Å². The number of nitrogens with zero attached hydrogens (tertiary/aromatic N) is 3. The van der Waals surface area contributed by atoms with Crippen molar-refractivity contribution in [3.05, 3.63) is 11.7 Å². The number of aromatic nitrogens is 2. The van der Waals surface area contributed by atoms with Crippen LogP contribution in [0.25, 0.3) is 0 Å². The fourth-order valence-corrected chi connectivity index (χ4v) is 3.77. The number of carbonyl (C=O) groups is 1. The summed E-state index contributed by atoms with van der Waals surface area (Å²) in [5.41, 5.74) is -1.19. The molecular weight excluding hydrogens is 318 g/mol. The van der Waals surface area contributed by atoms with Gasteiger partial charge in [0.1, 0.15) is 5.54 Å². The first-order valence-corrected chi connectivity index (χ1v) is 9.25. The van der Waals surface area contributed by atoms with Crippen LogP contribution in [0.2, 0.25) is 0 Å². The number of hydrogen-bond donors (Lipinski definition) is 2. The van der Waals surface area contributed by atoms with Crippen molar-refractivity contribution in [3.63, 3.8) is 0 Å². The first kappa shape index (κ1) is 17.9. The molecule has 1 unspecified atom stereocenters. The number of amides is 1. The summed E-state index contributed by atoms with van der Waals surface area (Å²) >= 11 is 0. The Kier molecular flexibility index (Phi) is 5.09. The van der Waals surface area contributed by atoms with Gasteiger partial charge in [-0.2, -0.15) is 10.2 Å². The van der Waals surface area contributed by atoms with E-state index in [4.69, 9.17) is 4.52 Å². The topological polar surface area (TPSA) is 104 Å². The van der Waals surface area contributed by atoms with Gasteiger partial charge < -0.3 is 9.84 Å². The van der Waals surface area contributed by atoms with Gasteiger partial charge in [0.15, 0.2) is 5.82 Å².